The van der Waals surface area contributed by atoms with Gasteiger partial charge in [-0.15, -0.1) is 0 Å². The third-order valence-electron chi connectivity index (χ3n) is 5.40. The van der Waals surface area contributed by atoms with Crippen LogP contribution in [0.25, 0.3) is 16.7 Å². The van der Waals surface area contributed by atoms with Gasteiger partial charge in [-0.1, -0.05) is 24.3 Å². The number of nitrogens with one attached hydrogen (secondary N) is 1. The first-order chi connectivity index (χ1) is 14.8. The van der Waals surface area contributed by atoms with Crippen LogP contribution in [0.1, 0.15) is 27.9 Å². The highest BCUT2D eigenvalue weighted by Gasteiger charge is 2.14. The van der Waals surface area contributed by atoms with Gasteiger partial charge in [0, 0.05) is 11.5 Å². The van der Waals surface area contributed by atoms with Crippen molar-refractivity contribution in [3.8, 4) is 11.6 Å². The van der Waals surface area contributed by atoms with Crippen LogP contribution < -0.4 is 10.1 Å². The number of aryl methyl sites for hydroxylation is 5. The van der Waals surface area contributed by atoms with E-state index in [0.29, 0.717) is 17.4 Å². The maximum atomic E-state index is 12.6. The minimum Gasteiger partial charge on any atom is -0.484 e. The summed E-state index contributed by atoms with van der Waals surface area (Å²) in [5.41, 5.74) is 6.23. The molecule has 2 aromatic heterocycles. The molecule has 0 atom stereocenters. The molecule has 0 saturated heterocycles. The molecule has 0 radical (unpaired) electrons. The van der Waals surface area contributed by atoms with Crippen LogP contribution in [0.2, 0.25) is 0 Å². The quantitative estimate of drug-likeness (QED) is 0.500. The zero-order valence-electron chi connectivity index (χ0n) is 18.5. The zero-order chi connectivity index (χ0) is 22.1. The molecule has 4 rings (SSSR count). The van der Waals surface area contributed by atoms with Crippen LogP contribution in [0.4, 0.5) is 5.82 Å². The number of aromatic nitrogens is 3. The Morgan fingerprint density at radius 2 is 1.74 bits per heavy atom. The number of pyridine rings is 1. The lowest BCUT2D eigenvalue weighted by Gasteiger charge is -2.12. The Hall–Kier alpha value is -3.67. The molecule has 1 N–H and O–H groups in total. The first-order valence-electron chi connectivity index (χ1n) is 10.3. The van der Waals surface area contributed by atoms with Crippen LogP contribution in [0.5, 0.6) is 5.75 Å². The summed E-state index contributed by atoms with van der Waals surface area (Å²) in [6.07, 6.45) is 0. The second kappa shape index (κ2) is 8.22. The van der Waals surface area contributed by atoms with Gasteiger partial charge in [-0.25, -0.2) is 4.98 Å². The Labute approximate surface area is 181 Å². The Bertz CT molecular complexity index is 1290. The van der Waals surface area contributed by atoms with Crippen molar-refractivity contribution in [2.75, 3.05) is 11.9 Å². The number of amides is 1. The minimum absolute atomic E-state index is 0.0873. The number of ether oxygens (including phenoxy) is 1. The molecule has 0 saturated carbocycles. The van der Waals surface area contributed by atoms with Gasteiger partial charge in [0.15, 0.2) is 12.4 Å². The van der Waals surface area contributed by atoms with Crippen LogP contribution in [-0.2, 0) is 4.79 Å². The summed E-state index contributed by atoms with van der Waals surface area (Å²) < 4.78 is 7.33. The molecular weight excluding hydrogens is 388 g/mol. The van der Waals surface area contributed by atoms with Crippen molar-refractivity contribution in [2.45, 2.75) is 34.6 Å². The molecule has 4 aromatic rings. The fourth-order valence-electron chi connectivity index (χ4n) is 3.55. The van der Waals surface area contributed by atoms with E-state index in [1.54, 1.807) is 4.68 Å². The first-order valence-corrected chi connectivity index (χ1v) is 10.3. The number of carbonyl (C=O) groups excluding carboxylic acids is 1. The largest absolute Gasteiger partial charge is 0.484 e. The molecule has 2 aromatic carbocycles. The summed E-state index contributed by atoms with van der Waals surface area (Å²) in [7, 11) is 0. The standard InChI is InChI=1S/C25H26N4O2/c1-15-9-10-20(11-17(15)3)31-14-24(30)26-23-13-19(5)28-29(23)22-12-18(4)21-8-6-7-16(2)25(21)27-22/h6-13H,14H2,1-5H3,(H,26,30). The Balaban J connectivity index is 1.57. The second-order valence-corrected chi connectivity index (χ2v) is 7.93. The van der Waals surface area contributed by atoms with Crippen molar-refractivity contribution in [3.05, 3.63) is 76.5 Å². The van der Waals surface area contributed by atoms with Crippen LogP contribution in [-0.4, -0.2) is 27.3 Å². The van der Waals surface area contributed by atoms with Gasteiger partial charge < -0.3 is 10.1 Å². The van der Waals surface area contributed by atoms with Crippen molar-refractivity contribution in [2.24, 2.45) is 0 Å². The van der Waals surface area contributed by atoms with E-state index in [1.807, 2.05) is 70.2 Å². The fourth-order valence-corrected chi connectivity index (χ4v) is 3.55. The molecule has 0 aliphatic carbocycles. The summed E-state index contributed by atoms with van der Waals surface area (Å²) in [5.74, 6) is 1.64. The Morgan fingerprint density at radius 3 is 2.52 bits per heavy atom. The van der Waals surface area contributed by atoms with Crippen LogP contribution in [0, 0.1) is 34.6 Å². The number of carbonyl (C=O) groups is 1. The predicted molar refractivity (Wildman–Crippen MR) is 123 cm³/mol. The average Bonchev–Trinajstić information content (AvgIpc) is 3.09. The fraction of sp³-hybridized carbons (Fsp3) is 0.240. The van der Waals surface area contributed by atoms with E-state index < -0.39 is 0 Å². The number of para-hydroxylation sites is 1. The van der Waals surface area contributed by atoms with Gasteiger partial charge in [0.05, 0.1) is 11.2 Å². The molecule has 0 spiro atoms. The molecule has 0 aliphatic heterocycles. The van der Waals surface area contributed by atoms with Crippen LogP contribution in [0.15, 0.2) is 48.5 Å². The molecular formula is C25H26N4O2. The maximum Gasteiger partial charge on any atom is 0.263 e. The third kappa shape index (κ3) is 4.28. The number of benzene rings is 2. The Kier molecular flexibility index (Phi) is 5.46. The molecule has 0 unspecified atom stereocenters. The lowest BCUT2D eigenvalue weighted by molar-refractivity contribution is -0.118. The Morgan fingerprint density at radius 1 is 0.935 bits per heavy atom. The number of nitrogens with zero attached hydrogens (tertiary/aromatic N) is 3. The van der Waals surface area contributed by atoms with E-state index in [2.05, 4.69) is 23.4 Å². The van der Waals surface area contributed by atoms with Crippen molar-refractivity contribution in [3.63, 3.8) is 0 Å². The molecule has 0 aliphatic rings. The smallest absolute Gasteiger partial charge is 0.263 e. The first kappa shape index (κ1) is 20.6. The van der Waals surface area contributed by atoms with Gasteiger partial charge in [-0.05, 0) is 75.1 Å². The number of rotatable bonds is 5. The minimum atomic E-state index is -0.256. The van der Waals surface area contributed by atoms with Crippen LogP contribution in [0.3, 0.4) is 0 Å². The van der Waals surface area contributed by atoms with Crippen molar-refractivity contribution in [1.82, 2.24) is 14.8 Å². The number of fused-ring (bicyclic) bond motifs is 1. The van der Waals surface area contributed by atoms with Gasteiger partial charge in [0.2, 0.25) is 0 Å². The summed E-state index contributed by atoms with van der Waals surface area (Å²) in [6.45, 7) is 9.95. The van der Waals surface area contributed by atoms with Gasteiger partial charge in [0.1, 0.15) is 11.6 Å². The summed E-state index contributed by atoms with van der Waals surface area (Å²) >= 11 is 0. The predicted octanol–water partition coefficient (Wildman–Crippen LogP) is 4.98. The molecule has 0 fully saturated rings. The summed E-state index contributed by atoms with van der Waals surface area (Å²) in [5, 5.41) is 8.57. The van der Waals surface area contributed by atoms with Gasteiger partial charge in [-0.3, -0.25) is 4.79 Å². The zero-order valence-corrected chi connectivity index (χ0v) is 18.5. The van der Waals surface area contributed by atoms with Crippen molar-refractivity contribution < 1.29 is 9.53 Å². The monoisotopic (exact) mass is 414 g/mol. The van der Waals surface area contributed by atoms with E-state index in [-0.39, 0.29) is 12.5 Å². The SMILES string of the molecule is Cc1cc(NC(=O)COc2ccc(C)c(C)c2)n(-c2cc(C)c3cccc(C)c3n2)n1. The normalized spacial score (nSPS) is 11.0. The summed E-state index contributed by atoms with van der Waals surface area (Å²) in [6, 6.07) is 15.7. The van der Waals surface area contributed by atoms with Gasteiger partial charge in [0.25, 0.3) is 5.91 Å². The lowest BCUT2D eigenvalue weighted by Crippen LogP contribution is -2.22. The van der Waals surface area contributed by atoms with E-state index in [0.717, 1.165) is 33.3 Å². The summed E-state index contributed by atoms with van der Waals surface area (Å²) in [4.78, 5) is 17.4. The lowest BCUT2D eigenvalue weighted by atomic mass is 10.1. The highest BCUT2D eigenvalue weighted by Crippen LogP contribution is 2.24. The molecule has 31 heavy (non-hydrogen) atoms. The van der Waals surface area contributed by atoms with E-state index in [9.17, 15) is 4.79 Å². The highest BCUT2D eigenvalue weighted by atomic mass is 16.5. The van der Waals surface area contributed by atoms with Gasteiger partial charge >= 0.3 is 0 Å². The number of hydrogen-bond donors (Lipinski definition) is 1. The van der Waals surface area contributed by atoms with Gasteiger partial charge in [-0.2, -0.15) is 9.78 Å². The molecule has 0 bridgehead atoms. The number of anilines is 1. The van der Waals surface area contributed by atoms with E-state index in [1.165, 1.54) is 5.56 Å². The second-order valence-electron chi connectivity index (χ2n) is 7.93. The average molecular weight is 415 g/mol. The molecule has 1 amide bonds. The molecule has 6 heteroatoms. The third-order valence-corrected chi connectivity index (χ3v) is 5.40. The molecule has 6 nitrogen and oxygen atoms in total. The molecule has 158 valence electrons. The molecule has 2 heterocycles. The van der Waals surface area contributed by atoms with Crippen molar-refractivity contribution >= 4 is 22.6 Å². The topological polar surface area (TPSA) is 69.0 Å². The van der Waals surface area contributed by atoms with E-state index in [4.69, 9.17) is 9.72 Å². The number of hydrogen-bond acceptors (Lipinski definition) is 4. The highest BCUT2D eigenvalue weighted by molar-refractivity contribution is 5.91. The van der Waals surface area contributed by atoms with Crippen LogP contribution >= 0.6 is 0 Å². The maximum absolute atomic E-state index is 12.6. The van der Waals surface area contributed by atoms with Crippen molar-refractivity contribution in [1.29, 1.82) is 0 Å². The van der Waals surface area contributed by atoms with E-state index >= 15 is 0 Å².